The molecule has 0 unspecified atom stereocenters. The van der Waals surface area contributed by atoms with Crippen LogP contribution in [0.1, 0.15) is 18.1 Å². The maximum Gasteiger partial charge on any atom is 0.0815 e. The number of aliphatic hydroxyl groups is 1. The standard InChI is InChI=1S/C9H10Cl2O/c10-6-5-9(12)7-3-1-2-4-8(7)11/h1-4,9,12H,5-6H2/t9-/m1/s1. The minimum Gasteiger partial charge on any atom is -0.388 e. The van der Waals surface area contributed by atoms with Crippen molar-refractivity contribution in [2.75, 3.05) is 5.88 Å². The number of aliphatic hydroxyl groups excluding tert-OH is 1. The Morgan fingerprint density at radius 1 is 1.33 bits per heavy atom. The van der Waals surface area contributed by atoms with Crippen LogP contribution in [0.15, 0.2) is 24.3 Å². The molecule has 66 valence electrons. The lowest BCUT2D eigenvalue weighted by Crippen LogP contribution is -1.98. The third-order valence-electron chi connectivity index (χ3n) is 1.65. The maximum absolute atomic E-state index is 9.53. The summed E-state index contributed by atoms with van der Waals surface area (Å²) >= 11 is 11.3. The van der Waals surface area contributed by atoms with E-state index in [9.17, 15) is 5.11 Å². The lowest BCUT2D eigenvalue weighted by atomic mass is 10.1. The van der Waals surface area contributed by atoms with Gasteiger partial charge in [0.15, 0.2) is 0 Å². The van der Waals surface area contributed by atoms with E-state index in [1.807, 2.05) is 12.1 Å². The topological polar surface area (TPSA) is 20.2 Å². The van der Waals surface area contributed by atoms with Crippen LogP contribution in [0.3, 0.4) is 0 Å². The fourth-order valence-electron chi connectivity index (χ4n) is 1.00. The van der Waals surface area contributed by atoms with E-state index < -0.39 is 6.10 Å². The van der Waals surface area contributed by atoms with Gasteiger partial charge < -0.3 is 5.11 Å². The zero-order chi connectivity index (χ0) is 8.97. The molecule has 3 heteroatoms. The van der Waals surface area contributed by atoms with E-state index in [0.717, 1.165) is 5.56 Å². The first-order chi connectivity index (χ1) is 5.75. The van der Waals surface area contributed by atoms with Crippen LogP contribution in [-0.2, 0) is 0 Å². The lowest BCUT2D eigenvalue weighted by molar-refractivity contribution is 0.175. The lowest BCUT2D eigenvalue weighted by Gasteiger charge is -2.09. The number of rotatable bonds is 3. The van der Waals surface area contributed by atoms with Crippen molar-refractivity contribution >= 4 is 23.2 Å². The van der Waals surface area contributed by atoms with Crippen LogP contribution >= 0.6 is 23.2 Å². The van der Waals surface area contributed by atoms with Crippen LogP contribution in [0, 0.1) is 0 Å². The largest absolute Gasteiger partial charge is 0.388 e. The molecule has 0 aromatic heterocycles. The predicted octanol–water partition coefficient (Wildman–Crippen LogP) is 3.00. The van der Waals surface area contributed by atoms with Crippen molar-refractivity contribution in [2.45, 2.75) is 12.5 Å². The smallest absolute Gasteiger partial charge is 0.0815 e. The molecule has 12 heavy (non-hydrogen) atoms. The van der Waals surface area contributed by atoms with Gasteiger partial charge in [0, 0.05) is 10.9 Å². The summed E-state index contributed by atoms with van der Waals surface area (Å²) in [5.74, 6) is 0.437. The van der Waals surface area contributed by atoms with Gasteiger partial charge in [0.2, 0.25) is 0 Å². The number of hydrogen-bond donors (Lipinski definition) is 1. The first kappa shape index (κ1) is 9.85. The van der Waals surface area contributed by atoms with Crippen LogP contribution < -0.4 is 0 Å². The van der Waals surface area contributed by atoms with Gasteiger partial charge in [0.1, 0.15) is 0 Å². The Bertz CT molecular complexity index is 250. The summed E-state index contributed by atoms with van der Waals surface area (Å²) in [5, 5.41) is 10.1. The maximum atomic E-state index is 9.53. The van der Waals surface area contributed by atoms with Gasteiger partial charge in [-0.15, -0.1) is 11.6 Å². The monoisotopic (exact) mass is 204 g/mol. The van der Waals surface area contributed by atoms with Crippen molar-refractivity contribution in [3.8, 4) is 0 Å². The van der Waals surface area contributed by atoms with Crippen LogP contribution in [0.25, 0.3) is 0 Å². The van der Waals surface area contributed by atoms with Gasteiger partial charge in [-0.3, -0.25) is 0 Å². The Morgan fingerprint density at radius 3 is 2.58 bits per heavy atom. The SMILES string of the molecule is O[C@H](CCCl)c1ccccc1Cl. The Kier molecular flexibility index (Phi) is 3.86. The van der Waals surface area contributed by atoms with Gasteiger partial charge in [-0.1, -0.05) is 29.8 Å². The fourth-order valence-corrected chi connectivity index (χ4v) is 1.47. The highest BCUT2D eigenvalue weighted by Gasteiger charge is 2.09. The molecule has 1 aromatic rings. The van der Waals surface area contributed by atoms with Gasteiger partial charge in [-0.05, 0) is 18.1 Å². The molecule has 0 saturated carbocycles. The van der Waals surface area contributed by atoms with Crippen LogP contribution in [0.5, 0.6) is 0 Å². The first-order valence-electron chi connectivity index (χ1n) is 3.74. The van der Waals surface area contributed by atoms with Crippen molar-refractivity contribution in [1.82, 2.24) is 0 Å². The molecule has 1 rings (SSSR count). The zero-order valence-corrected chi connectivity index (χ0v) is 8.02. The van der Waals surface area contributed by atoms with Gasteiger partial charge in [-0.25, -0.2) is 0 Å². The highest BCUT2D eigenvalue weighted by Crippen LogP contribution is 2.24. The Hall–Kier alpha value is -0.240. The summed E-state index contributed by atoms with van der Waals surface area (Å²) in [6.07, 6.45) is -0.0122. The second-order valence-electron chi connectivity index (χ2n) is 2.51. The zero-order valence-electron chi connectivity index (χ0n) is 6.50. The van der Waals surface area contributed by atoms with E-state index in [2.05, 4.69) is 0 Å². The molecule has 0 aliphatic rings. The summed E-state index contributed by atoms with van der Waals surface area (Å²) in [7, 11) is 0. The van der Waals surface area contributed by atoms with Gasteiger partial charge in [-0.2, -0.15) is 0 Å². The third kappa shape index (κ3) is 2.37. The van der Waals surface area contributed by atoms with E-state index >= 15 is 0 Å². The summed E-state index contributed by atoms with van der Waals surface area (Å²) in [4.78, 5) is 0. The average molecular weight is 205 g/mol. The molecule has 1 nitrogen and oxygen atoms in total. The Labute approximate surface area is 81.9 Å². The molecule has 0 amide bonds. The number of benzene rings is 1. The number of hydrogen-bond acceptors (Lipinski definition) is 1. The molecule has 0 fully saturated rings. The van der Waals surface area contributed by atoms with Crippen LogP contribution in [0.4, 0.5) is 0 Å². The highest BCUT2D eigenvalue weighted by atomic mass is 35.5. The quantitative estimate of drug-likeness (QED) is 0.752. The van der Waals surface area contributed by atoms with E-state index in [-0.39, 0.29) is 0 Å². The number of halogens is 2. The van der Waals surface area contributed by atoms with Crippen molar-refractivity contribution in [3.05, 3.63) is 34.9 Å². The van der Waals surface area contributed by atoms with Crippen LogP contribution in [-0.4, -0.2) is 11.0 Å². The van der Waals surface area contributed by atoms with Crippen molar-refractivity contribution in [3.63, 3.8) is 0 Å². The fraction of sp³-hybridized carbons (Fsp3) is 0.333. The first-order valence-corrected chi connectivity index (χ1v) is 4.65. The molecule has 0 radical (unpaired) electrons. The van der Waals surface area contributed by atoms with Crippen molar-refractivity contribution in [2.24, 2.45) is 0 Å². The summed E-state index contributed by atoms with van der Waals surface area (Å²) in [5.41, 5.74) is 0.750. The van der Waals surface area contributed by atoms with E-state index in [1.165, 1.54) is 0 Å². The summed E-state index contributed by atoms with van der Waals surface area (Å²) in [6, 6.07) is 7.24. The summed E-state index contributed by atoms with van der Waals surface area (Å²) < 4.78 is 0. The van der Waals surface area contributed by atoms with Gasteiger partial charge >= 0.3 is 0 Å². The van der Waals surface area contributed by atoms with Gasteiger partial charge in [0.05, 0.1) is 6.10 Å². The number of alkyl halides is 1. The molecule has 0 aliphatic heterocycles. The molecule has 0 saturated heterocycles. The van der Waals surface area contributed by atoms with Crippen LogP contribution in [0.2, 0.25) is 5.02 Å². The minimum atomic E-state index is -0.545. The molecule has 0 heterocycles. The molecule has 1 N–H and O–H groups in total. The molecular weight excluding hydrogens is 195 g/mol. The molecule has 1 aromatic carbocycles. The van der Waals surface area contributed by atoms with Crippen molar-refractivity contribution < 1.29 is 5.11 Å². The Balaban J connectivity index is 2.79. The molecule has 0 bridgehead atoms. The molecular formula is C9H10Cl2O. The Morgan fingerprint density at radius 2 is 2.00 bits per heavy atom. The van der Waals surface area contributed by atoms with E-state index in [0.29, 0.717) is 17.3 Å². The van der Waals surface area contributed by atoms with E-state index in [1.54, 1.807) is 12.1 Å². The van der Waals surface area contributed by atoms with E-state index in [4.69, 9.17) is 23.2 Å². The summed E-state index contributed by atoms with van der Waals surface area (Å²) in [6.45, 7) is 0. The highest BCUT2D eigenvalue weighted by molar-refractivity contribution is 6.31. The predicted molar refractivity (Wildman–Crippen MR) is 51.7 cm³/mol. The molecule has 0 aliphatic carbocycles. The third-order valence-corrected chi connectivity index (χ3v) is 2.21. The second kappa shape index (κ2) is 4.70. The average Bonchev–Trinajstić information content (AvgIpc) is 2.05. The molecule has 0 spiro atoms. The van der Waals surface area contributed by atoms with Crippen molar-refractivity contribution in [1.29, 1.82) is 0 Å². The molecule has 1 atom stereocenters. The minimum absolute atomic E-state index is 0.437. The van der Waals surface area contributed by atoms with Gasteiger partial charge in [0.25, 0.3) is 0 Å². The second-order valence-corrected chi connectivity index (χ2v) is 3.30. The normalized spacial score (nSPS) is 12.9.